The molecule has 0 spiro atoms. The highest BCUT2D eigenvalue weighted by Crippen LogP contribution is 2.33. The van der Waals surface area contributed by atoms with E-state index in [-0.39, 0.29) is 11.9 Å². The summed E-state index contributed by atoms with van der Waals surface area (Å²) in [6.45, 7) is 1.25. The van der Waals surface area contributed by atoms with Crippen molar-refractivity contribution in [3.8, 4) is 0 Å². The van der Waals surface area contributed by atoms with Gasteiger partial charge in [0.25, 0.3) is 0 Å². The largest absolute Gasteiger partial charge is 0.416 e. The number of hydrogen-bond donors (Lipinski definition) is 1. The van der Waals surface area contributed by atoms with Crippen molar-refractivity contribution in [1.29, 1.82) is 0 Å². The van der Waals surface area contributed by atoms with E-state index in [1.165, 1.54) is 17.4 Å². The predicted octanol–water partition coefficient (Wildman–Crippen LogP) is 2.81. The van der Waals surface area contributed by atoms with E-state index >= 15 is 0 Å². The van der Waals surface area contributed by atoms with E-state index in [0.717, 1.165) is 18.6 Å². The molecule has 1 aromatic carbocycles. The van der Waals surface area contributed by atoms with Gasteiger partial charge in [-0.25, -0.2) is 4.98 Å². The highest BCUT2D eigenvalue weighted by atomic mass is 32.1. The lowest BCUT2D eigenvalue weighted by atomic mass is 10.2. The summed E-state index contributed by atoms with van der Waals surface area (Å²) < 4.78 is 38.8. The van der Waals surface area contributed by atoms with Gasteiger partial charge in [0.15, 0.2) is 0 Å². The summed E-state index contributed by atoms with van der Waals surface area (Å²) in [6, 6.07) is 3.58. The second-order valence-corrected chi connectivity index (χ2v) is 6.79. The van der Waals surface area contributed by atoms with Crippen molar-refractivity contribution >= 4 is 27.5 Å². The quantitative estimate of drug-likeness (QED) is 0.932. The molecule has 2 aromatic rings. The zero-order valence-electron chi connectivity index (χ0n) is 12.3. The van der Waals surface area contributed by atoms with Crippen molar-refractivity contribution < 1.29 is 18.0 Å². The van der Waals surface area contributed by atoms with Gasteiger partial charge in [0, 0.05) is 32.0 Å². The molecular weight excluding hydrogens is 327 g/mol. The molecule has 23 heavy (non-hydrogen) atoms. The number of benzene rings is 1. The maximum atomic E-state index is 12.7. The third kappa shape index (κ3) is 3.64. The Kier molecular flexibility index (Phi) is 4.29. The Bertz CT molecular complexity index is 728. The van der Waals surface area contributed by atoms with Crippen LogP contribution in [-0.2, 0) is 17.4 Å². The summed E-state index contributed by atoms with van der Waals surface area (Å²) in [7, 11) is 0. The molecule has 2 N–H and O–H groups in total. The summed E-state index contributed by atoms with van der Waals surface area (Å²) in [5, 5.41) is 0.677. The fraction of sp³-hybridized carbons (Fsp3) is 0.467. The van der Waals surface area contributed by atoms with Crippen molar-refractivity contribution in [3.05, 3.63) is 28.8 Å². The summed E-state index contributed by atoms with van der Waals surface area (Å²) in [4.78, 5) is 18.0. The number of amides is 1. The molecule has 124 valence electrons. The average Bonchev–Trinajstić information content (AvgIpc) is 3.08. The maximum absolute atomic E-state index is 12.7. The Hall–Kier alpha value is -1.67. The van der Waals surface area contributed by atoms with Gasteiger partial charge in [0.2, 0.25) is 5.91 Å². The third-order valence-corrected chi connectivity index (χ3v) is 4.99. The molecule has 1 aliphatic rings. The number of hydrogen-bond acceptors (Lipinski definition) is 4. The van der Waals surface area contributed by atoms with Crippen LogP contribution in [0.2, 0.25) is 0 Å². The third-order valence-electron chi connectivity index (χ3n) is 3.89. The van der Waals surface area contributed by atoms with Crippen LogP contribution in [0, 0.1) is 0 Å². The van der Waals surface area contributed by atoms with Crippen LogP contribution in [-0.4, -0.2) is 34.9 Å². The van der Waals surface area contributed by atoms with E-state index in [0.29, 0.717) is 41.2 Å². The fourth-order valence-corrected chi connectivity index (χ4v) is 3.59. The summed E-state index contributed by atoms with van der Waals surface area (Å²) in [6.07, 6.45) is -2.82. The van der Waals surface area contributed by atoms with E-state index in [9.17, 15) is 18.0 Å². The van der Waals surface area contributed by atoms with Crippen molar-refractivity contribution in [2.45, 2.75) is 31.5 Å². The van der Waals surface area contributed by atoms with Crippen molar-refractivity contribution in [2.75, 3.05) is 13.1 Å². The molecule has 1 atom stereocenters. The Morgan fingerprint density at radius 1 is 1.43 bits per heavy atom. The number of likely N-dealkylation sites (tertiary alicyclic amines) is 1. The number of nitrogens with two attached hydrogens (primary N) is 1. The van der Waals surface area contributed by atoms with Crippen molar-refractivity contribution in [1.82, 2.24) is 9.88 Å². The van der Waals surface area contributed by atoms with Crippen LogP contribution < -0.4 is 5.73 Å². The van der Waals surface area contributed by atoms with Crippen LogP contribution >= 0.6 is 11.3 Å². The number of nitrogens with zero attached hydrogens (tertiary/aromatic N) is 2. The average molecular weight is 343 g/mol. The Balaban J connectivity index is 1.68. The second kappa shape index (κ2) is 6.09. The minimum Gasteiger partial charge on any atom is -0.341 e. The van der Waals surface area contributed by atoms with Gasteiger partial charge in [-0.3, -0.25) is 4.79 Å². The molecule has 2 heterocycles. The maximum Gasteiger partial charge on any atom is 0.416 e. The van der Waals surface area contributed by atoms with Gasteiger partial charge in [-0.1, -0.05) is 0 Å². The number of rotatable bonds is 3. The summed E-state index contributed by atoms with van der Waals surface area (Å²) in [5.41, 5.74) is 5.40. The number of carbonyl (C=O) groups is 1. The van der Waals surface area contributed by atoms with Gasteiger partial charge in [-0.2, -0.15) is 13.2 Å². The normalized spacial score (nSPS) is 18.8. The highest BCUT2D eigenvalue weighted by Gasteiger charge is 2.30. The number of alkyl halides is 3. The molecule has 0 radical (unpaired) electrons. The second-order valence-electron chi connectivity index (χ2n) is 5.68. The standard InChI is InChI=1S/C15H16F3N3OS/c16-15(17,18)9-1-2-12-11(7-9)20-13(23-12)3-4-14(22)21-6-5-10(19)8-21/h1-2,7,10H,3-6,8,19H2. The molecule has 0 aliphatic carbocycles. The van der Waals surface area contributed by atoms with Gasteiger partial charge in [-0.15, -0.1) is 11.3 Å². The van der Waals surface area contributed by atoms with Gasteiger partial charge < -0.3 is 10.6 Å². The lowest BCUT2D eigenvalue weighted by Gasteiger charge is -2.14. The first-order valence-electron chi connectivity index (χ1n) is 7.33. The Morgan fingerprint density at radius 3 is 2.87 bits per heavy atom. The van der Waals surface area contributed by atoms with Crippen LogP contribution in [0.15, 0.2) is 18.2 Å². The zero-order valence-corrected chi connectivity index (χ0v) is 13.1. The lowest BCUT2D eigenvalue weighted by molar-refractivity contribution is -0.137. The van der Waals surface area contributed by atoms with Crippen molar-refractivity contribution in [3.63, 3.8) is 0 Å². The van der Waals surface area contributed by atoms with Gasteiger partial charge in [-0.05, 0) is 24.6 Å². The topological polar surface area (TPSA) is 59.2 Å². The minimum atomic E-state index is -4.37. The first-order valence-corrected chi connectivity index (χ1v) is 8.14. The molecule has 1 saturated heterocycles. The van der Waals surface area contributed by atoms with Crippen LogP contribution in [0.3, 0.4) is 0 Å². The first kappa shape index (κ1) is 16.2. The molecule has 1 aromatic heterocycles. The van der Waals surface area contributed by atoms with Gasteiger partial charge in [0.05, 0.1) is 20.8 Å². The number of carbonyl (C=O) groups excluding carboxylic acids is 1. The molecule has 3 rings (SSSR count). The zero-order chi connectivity index (χ0) is 16.6. The minimum absolute atomic E-state index is 0.0215. The molecule has 1 aliphatic heterocycles. The van der Waals surface area contributed by atoms with Crippen LogP contribution in [0.25, 0.3) is 10.2 Å². The molecule has 0 bridgehead atoms. The number of halogens is 3. The predicted molar refractivity (Wildman–Crippen MR) is 82.1 cm³/mol. The van der Waals surface area contributed by atoms with Crippen LogP contribution in [0.4, 0.5) is 13.2 Å². The van der Waals surface area contributed by atoms with Crippen molar-refractivity contribution in [2.24, 2.45) is 5.73 Å². The molecule has 1 fully saturated rings. The Morgan fingerprint density at radius 2 is 2.22 bits per heavy atom. The molecule has 1 unspecified atom stereocenters. The van der Waals surface area contributed by atoms with Crippen LogP contribution in [0.5, 0.6) is 0 Å². The molecular formula is C15H16F3N3OS. The number of aryl methyl sites for hydroxylation is 1. The number of thiazole rings is 1. The highest BCUT2D eigenvalue weighted by molar-refractivity contribution is 7.18. The SMILES string of the molecule is NC1CCN(C(=O)CCc2nc3cc(C(F)(F)F)ccc3s2)C1. The lowest BCUT2D eigenvalue weighted by Crippen LogP contribution is -2.31. The molecule has 8 heteroatoms. The monoisotopic (exact) mass is 343 g/mol. The molecule has 0 saturated carbocycles. The van der Waals surface area contributed by atoms with Gasteiger partial charge in [0.1, 0.15) is 0 Å². The fourth-order valence-electron chi connectivity index (χ4n) is 2.64. The van der Waals surface area contributed by atoms with E-state index < -0.39 is 11.7 Å². The smallest absolute Gasteiger partial charge is 0.341 e. The number of aromatic nitrogens is 1. The van der Waals surface area contributed by atoms with Gasteiger partial charge >= 0.3 is 6.18 Å². The summed E-state index contributed by atoms with van der Waals surface area (Å²) >= 11 is 1.33. The Labute approximate surface area is 135 Å². The van der Waals surface area contributed by atoms with E-state index in [2.05, 4.69) is 4.98 Å². The molecule has 1 amide bonds. The molecule has 4 nitrogen and oxygen atoms in total. The first-order chi connectivity index (χ1) is 10.8. The van der Waals surface area contributed by atoms with E-state index in [1.54, 1.807) is 4.90 Å². The van der Waals surface area contributed by atoms with E-state index in [4.69, 9.17) is 5.73 Å². The van der Waals surface area contributed by atoms with E-state index in [1.807, 2.05) is 0 Å². The summed E-state index contributed by atoms with van der Waals surface area (Å²) in [5.74, 6) is 0.0215. The van der Waals surface area contributed by atoms with Crippen LogP contribution in [0.1, 0.15) is 23.4 Å². The number of fused-ring (bicyclic) bond motifs is 1.